The average molecular weight is 404 g/mol. The van der Waals surface area contributed by atoms with Crippen LogP contribution in [-0.2, 0) is 10.0 Å². The number of sulfonamides is 1. The van der Waals surface area contributed by atoms with Gasteiger partial charge in [0.2, 0.25) is 10.0 Å². The summed E-state index contributed by atoms with van der Waals surface area (Å²) in [4.78, 5) is 2.27. The quantitative estimate of drug-likeness (QED) is 0.727. The van der Waals surface area contributed by atoms with E-state index in [9.17, 15) is 8.42 Å². The van der Waals surface area contributed by atoms with Gasteiger partial charge >= 0.3 is 0 Å². The summed E-state index contributed by atoms with van der Waals surface area (Å²) in [5.74, 6) is 2.27. The summed E-state index contributed by atoms with van der Waals surface area (Å²) in [5, 5.41) is 8.65. The minimum absolute atomic E-state index is 0.201. The molecule has 0 bridgehead atoms. The fourth-order valence-electron chi connectivity index (χ4n) is 3.38. The number of aromatic nitrogens is 2. The monoisotopic (exact) mass is 404 g/mol. The molecule has 0 spiro atoms. The highest BCUT2D eigenvalue weighted by Gasteiger charge is 2.30. The Balaban J connectivity index is 1.45. The Morgan fingerprint density at radius 1 is 0.929 bits per heavy atom. The van der Waals surface area contributed by atoms with Crippen molar-refractivity contribution in [1.82, 2.24) is 14.5 Å². The zero-order valence-electron chi connectivity index (χ0n) is 16.0. The molecule has 1 aromatic carbocycles. The summed E-state index contributed by atoms with van der Waals surface area (Å²) in [6.07, 6.45) is 2.39. The lowest BCUT2D eigenvalue weighted by molar-refractivity contribution is 0.353. The lowest BCUT2D eigenvalue weighted by Crippen LogP contribution is -2.49. The van der Waals surface area contributed by atoms with E-state index in [1.54, 1.807) is 12.1 Å². The summed E-state index contributed by atoms with van der Waals surface area (Å²) in [7, 11) is -0.592. The largest absolute Gasteiger partial charge is 0.493 e. The molecule has 0 radical (unpaired) electrons. The number of anilines is 1. The van der Waals surface area contributed by atoms with Crippen LogP contribution in [0.2, 0.25) is 0 Å². The van der Waals surface area contributed by atoms with Crippen molar-refractivity contribution < 1.29 is 17.9 Å². The molecule has 8 nitrogen and oxygen atoms in total. The van der Waals surface area contributed by atoms with E-state index < -0.39 is 10.0 Å². The molecule has 1 aliphatic heterocycles. The third kappa shape index (κ3) is 3.64. The first kappa shape index (κ1) is 18.9. The molecule has 4 rings (SSSR count). The van der Waals surface area contributed by atoms with Gasteiger partial charge in [0, 0.05) is 38.2 Å². The molecule has 0 unspecified atom stereocenters. The van der Waals surface area contributed by atoms with Crippen molar-refractivity contribution in [3.05, 3.63) is 36.0 Å². The van der Waals surface area contributed by atoms with Crippen LogP contribution in [0.5, 0.6) is 11.5 Å². The summed E-state index contributed by atoms with van der Waals surface area (Å²) in [6.45, 7) is 1.93. The maximum absolute atomic E-state index is 13.0. The number of benzene rings is 1. The molecule has 1 aliphatic carbocycles. The average Bonchev–Trinajstić information content (AvgIpc) is 3.59. The molecule has 28 heavy (non-hydrogen) atoms. The van der Waals surface area contributed by atoms with Gasteiger partial charge in [-0.25, -0.2) is 8.42 Å². The smallest absolute Gasteiger partial charge is 0.243 e. The van der Waals surface area contributed by atoms with Crippen molar-refractivity contribution in [2.75, 3.05) is 45.3 Å². The number of hydrogen-bond acceptors (Lipinski definition) is 7. The van der Waals surface area contributed by atoms with Crippen LogP contribution in [0.25, 0.3) is 0 Å². The van der Waals surface area contributed by atoms with Crippen molar-refractivity contribution in [3.63, 3.8) is 0 Å². The van der Waals surface area contributed by atoms with E-state index in [2.05, 4.69) is 15.1 Å². The van der Waals surface area contributed by atoms with E-state index in [0.717, 1.165) is 11.5 Å². The summed E-state index contributed by atoms with van der Waals surface area (Å²) >= 11 is 0. The number of methoxy groups -OCH3 is 2. The van der Waals surface area contributed by atoms with Crippen LogP contribution in [0.4, 0.5) is 5.82 Å². The van der Waals surface area contributed by atoms with Gasteiger partial charge in [-0.1, -0.05) is 0 Å². The Hall–Kier alpha value is -2.39. The van der Waals surface area contributed by atoms with E-state index in [-0.39, 0.29) is 4.90 Å². The van der Waals surface area contributed by atoms with Crippen molar-refractivity contribution in [1.29, 1.82) is 0 Å². The lowest BCUT2D eigenvalue weighted by Gasteiger charge is -2.34. The third-order valence-electron chi connectivity index (χ3n) is 5.22. The predicted molar refractivity (Wildman–Crippen MR) is 105 cm³/mol. The van der Waals surface area contributed by atoms with Crippen LogP contribution in [0.3, 0.4) is 0 Å². The highest BCUT2D eigenvalue weighted by molar-refractivity contribution is 7.89. The van der Waals surface area contributed by atoms with Crippen LogP contribution in [-0.4, -0.2) is 63.3 Å². The zero-order valence-corrected chi connectivity index (χ0v) is 16.9. The standard InChI is InChI=1S/C19H24N4O4S/c1-26-17-7-5-15(13-18(17)27-2)28(24,25)23-11-9-22(10-12-23)19-8-6-16(20-21-19)14-3-4-14/h5-8,13-14H,3-4,9-12H2,1-2H3. The highest BCUT2D eigenvalue weighted by atomic mass is 32.2. The first-order chi connectivity index (χ1) is 13.5. The molecule has 9 heteroatoms. The van der Waals surface area contributed by atoms with Gasteiger partial charge in [0.1, 0.15) is 0 Å². The molecule has 0 amide bonds. The second kappa shape index (κ2) is 7.56. The van der Waals surface area contributed by atoms with E-state index >= 15 is 0 Å². The van der Waals surface area contributed by atoms with Gasteiger partial charge in [-0.15, -0.1) is 5.10 Å². The Morgan fingerprint density at radius 3 is 2.21 bits per heavy atom. The van der Waals surface area contributed by atoms with Crippen LogP contribution >= 0.6 is 0 Å². The fraction of sp³-hybridized carbons (Fsp3) is 0.474. The van der Waals surface area contributed by atoms with Crippen LogP contribution in [0.1, 0.15) is 24.5 Å². The molecule has 1 aromatic heterocycles. The highest BCUT2D eigenvalue weighted by Crippen LogP contribution is 2.38. The molecule has 2 heterocycles. The number of rotatable bonds is 6. The van der Waals surface area contributed by atoms with Gasteiger partial charge in [0.25, 0.3) is 0 Å². The fourth-order valence-corrected chi connectivity index (χ4v) is 4.82. The minimum Gasteiger partial charge on any atom is -0.493 e. The first-order valence-electron chi connectivity index (χ1n) is 9.33. The van der Waals surface area contributed by atoms with E-state index in [4.69, 9.17) is 9.47 Å². The van der Waals surface area contributed by atoms with Crippen molar-refractivity contribution in [3.8, 4) is 11.5 Å². The Kier molecular flexibility index (Phi) is 5.11. The molecule has 0 atom stereocenters. The maximum Gasteiger partial charge on any atom is 0.243 e. The maximum atomic E-state index is 13.0. The zero-order chi connectivity index (χ0) is 19.7. The number of ether oxygens (including phenoxy) is 2. The van der Waals surface area contributed by atoms with Gasteiger partial charge < -0.3 is 14.4 Å². The molecule has 0 N–H and O–H groups in total. The van der Waals surface area contributed by atoms with Crippen molar-refractivity contribution in [2.24, 2.45) is 0 Å². The summed E-state index contributed by atoms with van der Waals surface area (Å²) in [6, 6.07) is 8.68. The minimum atomic E-state index is -3.60. The second-order valence-corrected chi connectivity index (χ2v) is 8.94. The Morgan fingerprint density at radius 2 is 1.64 bits per heavy atom. The molecule has 2 aromatic rings. The molecular weight excluding hydrogens is 380 g/mol. The van der Waals surface area contributed by atoms with Crippen molar-refractivity contribution >= 4 is 15.8 Å². The molecule has 1 saturated heterocycles. The van der Waals surface area contributed by atoms with E-state index in [1.807, 2.05) is 12.1 Å². The topological polar surface area (TPSA) is 84.9 Å². The third-order valence-corrected chi connectivity index (χ3v) is 7.12. The van der Waals surface area contributed by atoms with E-state index in [1.165, 1.54) is 37.4 Å². The predicted octanol–water partition coefficient (Wildman–Crippen LogP) is 1.88. The van der Waals surface area contributed by atoms with Crippen LogP contribution < -0.4 is 14.4 Å². The lowest BCUT2D eigenvalue weighted by atomic mass is 10.2. The van der Waals surface area contributed by atoms with Gasteiger partial charge in [-0.3, -0.25) is 0 Å². The van der Waals surface area contributed by atoms with Gasteiger partial charge in [-0.2, -0.15) is 9.40 Å². The Bertz CT molecular complexity index is 937. The normalized spacial score (nSPS) is 18.1. The SMILES string of the molecule is COc1ccc(S(=O)(=O)N2CCN(c3ccc(C4CC4)nn3)CC2)cc1OC. The van der Waals surface area contributed by atoms with Gasteiger partial charge in [0.05, 0.1) is 24.8 Å². The molecular formula is C19H24N4O4S. The number of hydrogen-bond donors (Lipinski definition) is 0. The number of nitrogens with zero attached hydrogens (tertiary/aromatic N) is 4. The molecule has 2 aliphatic rings. The molecule has 150 valence electrons. The summed E-state index contributed by atoms with van der Waals surface area (Å²) < 4.78 is 37.9. The number of piperazine rings is 1. The van der Waals surface area contributed by atoms with Crippen LogP contribution in [0, 0.1) is 0 Å². The second-order valence-electron chi connectivity index (χ2n) is 7.00. The van der Waals surface area contributed by atoms with Gasteiger partial charge in [-0.05, 0) is 37.1 Å². The van der Waals surface area contributed by atoms with Gasteiger partial charge in [0.15, 0.2) is 17.3 Å². The molecule has 1 saturated carbocycles. The van der Waals surface area contributed by atoms with Crippen LogP contribution in [0.15, 0.2) is 35.2 Å². The molecule has 2 fully saturated rings. The summed E-state index contributed by atoms with van der Waals surface area (Å²) in [5.41, 5.74) is 1.05. The first-order valence-corrected chi connectivity index (χ1v) is 10.8. The van der Waals surface area contributed by atoms with E-state index in [0.29, 0.717) is 43.6 Å². The van der Waals surface area contributed by atoms with Crippen molar-refractivity contribution in [2.45, 2.75) is 23.7 Å². The Labute approximate surface area is 165 Å².